The van der Waals surface area contributed by atoms with E-state index in [1.165, 1.54) is 18.6 Å². The Morgan fingerprint density at radius 2 is 2.09 bits per heavy atom. The van der Waals surface area contributed by atoms with E-state index in [0.717, 1.165) is 12.8 Å². The quantitative estimate of drug-likeness (QED) is 0.514. The van der Waals surface area contributed by atoms with Crippen molar-refractivity contribution < 1.29 is 9.18 Å². The minimum atomic E-state index is -0.325. The van der Waals surface area contributed by atoms with Crippen LogP contribution < -0.4 is 5.32 Å². The second-order valence-electron chi connectivity index (χ2n) is 5.25. The molecular formula is C19H18FNO. The maximum atomic E-state index is 13.0. The van der Waals surface area contributed by atoms with Crippen LogP contribution >= 0.6 is 0 Å². The smallest absolute Gasteiger partial charge is 0.250 e. The monoisotopic (exact) mass is 295 g/mol. The standard InChI is InChI=1S/C19H18FNO/c1-14(10-12-16-5-3-6-17(20)13-16)9-11-15(2)19(22)21-18-7-4-8-18/h3,5-6,9,11,13,18H,1-2,4,7-8H2,(H,21,22)/b11-9-. The Bertz CT molecular complexity index is 687. The van der Waals surface area contributed by atoms with E-state index in [-0.39, 0.29) is 17.8 Å². The summed E-state index contributed by atoms with van der Waals surface area (Å²) in [5.74, 6) is 5.15. The van der Waals surface area contributed by atoms with Gasteiger partial charge in [0.15, 0.2) is 0 Å². The summed E-state index contributed by atoms with van der Waals surface area (Å²) in [5, 5.41) is 2.91. The zero-order chi connectivity index (χ0) is 15.9. The molecule has 0 saturated heterocycles. The maximum absolute atomic E-state index is 13.0. The van der Waals surface area contributed by atoms with Crippen molar-refractivity contribution in [3.05, 3.63) is 72.1 Å². The van der Waals surface area contributed by atoms with E-state index >= 15 is 0 Å². The van der Waals surface area contributed by atoms with Gasteiger partial charge in [0.2, 0.25) is 0 Å². The van der Waals surface area contributed by atoms with E-state index < -0.39 is 0 Å². The molecule has 1 aliphatic carbocycles. The first-order chi connectivity index (χ1) is 10.5. The molecule has 2 nitrogen and oxygen atoms in total. The summed E-state index contributed by atoms with van der Waals surface area (Å²) in [6.45, 7) is 7.51. The number of hydrogen-bond donors (Lipinski definition) is 1. The molecule has 0 aliphatic heterocycles. The number of nitrogens with one attached hydrogen (secondary N) is 1. The third-order valence-electron chi connectivity index (χ3n) is 3.41. The molecule has 1 saturated carbocycles. The molecule has 0 unspecified atom stereocenters. The zero-order valence-electron chi connectivity index (χ0n) is 12.4. The summed E-state index contributed by atoms with van der Waals surface area (Å²) < 4.78 is 13.0. The Morgan fingerprint density at radius 1 is 1.32 bits per heavy atom. The lowest BCUT2D eigenvalue weighted by Crippen LogP contribution is -2.39. The topological polar surface area (TPSA) is 29.1 Å². The molecule has 0 atom stereocenters. The Balaban J connectivity index is 1.88. The van der Waals surface area contributed by atoms with Crippen molar-refractivity contribution in [1.29, 1.82) is 0 Å². The molecule has 1 fully saturated rings. The van der Waals surface area contributed by atoms with Crippen molar-refractivity contribution in [2.45, 2.75) is 25.3 Å². The van der Waals surface area contributed by atoms with Gasteiger partial charge in [-0.25, -0.2) is 4.39 Å². The molecule has 3 heteroatoms. The molecular weight excluding hydrogens is 277 g/mol. The van der Waals surface area contributed by atoms with Gasteiger partial charge < -0.3 is 5.32 Å². The van der Waals surface area contributed by atoms with Gasteiger partial charge >= 0.3 is 0 Å². The highest BCUT2D eigenvalue weighted by Crippen LogP contribution is 2.18. The molecule has 0 radical (unpaired) electrons. The van der Waals surface area contributed by atoms with Crippen LogP contribution in [-0.2, 0) is 4.79 Å². The number of halogens is 1. The minimum absolute atomic E-state index is 0.160. The fraction of sp³-hybridized carbons (Fsp3) is 0.211. The Kier molecular flexibility index (Phi) is 5.32. The average Bonchev–Trinajstić information content (AvgIpc) is 2.46. The van der Waals surface area contributed by atoms with Crippen molar-refractivity contribution in [3.8, 4) is 11.8 Å². The molecule has 0 spiro atoms. The molecule has 22 heavy (non-hydrogen) atoms. The van der Waals surface area contributed by atoms with Gasteiger partial charge in [-0.1, -0.05) is 31.1 Å². The van der Waals surface area contributed by atoms with E-state index in [9.17, 15) is 9.18 Å². The van der Waals surface area contributed by atoms with Gasteiger partial charge in [-0.3, -0.25) is 4.79 Å². The fourth-order valence-electron chi connectivity index (χ4n) is 1.87. The number of carbonyl (C=O) groups excluding carboxylic acids is 1. The fourth-order valence-corrected chi connectivity index (χ4v) is 1.87. The number of rotatable bonds is 4. The van der Waals surface area contributed by atoms with E-state index in [2.05, 4.69) is 30.3 Å². The summed E-state index contributed by atoms with van der Waals surface area (Å²) in [6, 6.07) is 6.33. The number of amides is 1. The van der Waals surface area contributed by atoms with Crippen LogP contribution in [0.1, 0.15) is 24.8 Å². The van der Waals surface area contributed by atoms with Crippen molar-refractivity contribution in [1.82, 2.24) is 5.32 Å². The van der Waals surface area contributed by atoms with Crippen LogP contribution in [0.5, 0.6) is 0 Å². The third kappa shape index (κ3) is 4.75. The lowest BCUT2D eigenvalue weighted by molar-refractivity contribution is -0.118. The molecule has 0 bridgehead atoms. The van der Waals surface area contributed by atoms with Gasteiger partial charge in [0.05, 0.1) is 0 Å². The Morgan fingerprint density at radius 3 is 2.73 bits per heavy atom. The molecule has 112 valence electrons. The van der Waals surface area contributed by atoms with Gasteiger partial charge in [0.25, 0.3) is 5.91 Å². The minimum Gasteiger partial charge on any atom is -0.349 e. The maximum Gasteiger partial charge on any atom is 0.250 e. The molecule has 1 aromatic rings. The predicted molar refractivity (Wildman–Crippen MR) is 86.5 cm³/mol. The van der Waals surface area contributed by atoms with Crippen molar-refractivity contribution >= 4 is 5.91 Å². The Labute approximate surface area is 130 Å². The molecule has 1 N–H and O–H groups in total. The lowest BCUT2D eigenvalue weighted by Gasteiger charge is -2.26. The van der Waals surface area contributed by atoms with E-state index in [1.807, 2.05) is 0 Å². The third-order valence-corrected chi connectivity index (χ3v) is 3.41. The van der Waals surface area contributed by atoms with Gasteiger partial charge in [-0.15, -0.1) is 0 Å². The highest BCUT2D eigenvalue weighted by Gasteiger charge is 2.19. The van der Waals surface area contributed by atoms with Crippen LogP contribution in [0.3, 0.4) is 0 Å². The number of allylic oxidation sites excluding steroid dienone is 2. The molecule has 1 aliphatic rings. The molecule has 0 heterocycles. The van der Waals surface area contributed by atoms with Crippen LogP contribution in [0.15, 0.2) is 60.7 Å². The normalized spacial score (nSPS) is 13.9. The highest BCUT2D eigenvalue weighted by atomic mass is 19.1. The van der Waals surface area contributed by atoms with E-state index in [0.29, 0.717) is 16.7 Å². The highest BCUT2D eigenvalue weighted by molar-refractivity contribution is 5.95. The number of carbonyl (C=O) groups is 1. The number of hydrogen-bond acceptors (Lipinski definition) is 1. The van der Waals surface area contributed by atoms with Crippen molar-refractivity contribution in [2.24, 2.45) is 0 Å². The summed E-state index contributed by atoms with van der Waals surface area (Å²) in [6.07, 6.45) is 6.47. The largest absolute Gasteiger partial charge is 0.349 e. The van der Waals surface area contributed by atoms with Gasteiger partial charge in [0, 0.05) is 22.8 Å². The first kappa shape index (κ1) is 15.8. The first-order valence-corrected chi connectivity index (χ1v) is 7.19. The van der Waals surface area contributed by atoms with Gasteiger partial charge in [-0.05, 0) is 49.6 Å². The summed E-state index contributed by atoms with van der Waals surface area (Å²) in [4.78, 5) is 11.8. The van der Waals surface area contributed by atoms with Crippen molar-refractivity contribution in [3.63, 3.8) is 0 Å². The zero-order valence-corrected chi connectivity index (χ0v) is 12.4. The van der Waals surface area contributed by atoms with Crippen LogP contribution in [0.4, 0.5) is 4.39 Å². The Hall–Kier alpha value is -2.60. The van der Waals surface area contributed by atoms with Crippen LogP contribution in [0, 0.1) is 17.7 Å². The second-order valence-corrected chi connectivity index (χ2v) is 5.25. The van der Waals surface area contributed by atoms with Gasteiger partial charge in [-0.2, -0.15) is 0 Å². The van der Waals surface area contributed by atoms with Crippen molar-refractivity contribution in [2.75, 3.05) is 0 Å². The van der Waals surface area contributed by atoms with Gasteiger partial charge in [0.1, 0.15) is 5.82 Å². The summed E-state index contributed by atoms with van der Waals surface area (Å²) in [5.41, 5.74) is 1.48. The van der Waals surface area contributed by atoms with E-state index in [4.69, 9.17) is 0 Å². The first-order valence-electron chi connectivity index (χ1n) is 7.19. The summed E-state index contributed by atoms with van der Waals surface area (Å²) in [7, 11) is 0. The second kappa shape index (κ2) is 7.42. The lowest BCUT2D eigenvalue weighted by atomic mass is 9.93. The van der Waals surface area contributed by atoms with Crippen LogP contribution in [0.2, 0.25) is 0 Å². The van der Waals surface area contributed by atoms with Crippen LogP contribution in [0.25, 0.3) is 0 Å². The molecule has 1 aromatic carbocycles. The molecule has 1 amide bonds. The molecule has 2 rings (SSSR count). The number of benzene rings is 1. The SMILES string of the molecule is C=C(C#Cc1cccc(F)c1)/C=C\C(=C)C(=O)NC1CCC1. The average molecular weight is 295 g/mol. The molecule has 0 aromatic heterocycles. The van der Waals surface area contributed by atoms with Crippen LogP contribution in [-0.4, -0.2) is 11.9 Å². The van der Waals surface area contributed by atoms with E-state index in [1.54, 1.807) is 24.3 Å². The summed E-state index contributed by atoms with van der Waals surface area (Å²) >= 11 is 0. The predicted octanol–water partition coefficient (Wildman–Crippen LogP) is 3.51.